The van der Waals surface area contributed by atoms with Gasteiger partial charge in [-0.2, -0.15) is 0 Å². The number of carbonyl (C=O) groups is 1. The van der Waals surface area contributed by atoms with Gasteiger partial charge in [-0.25, -0.2) is 4.79 Å². The average molecular weight is 295 g/mol. The van der Waals surface area contributed by atoms with Gasteiger partial charge >= 0.3 is 5.97 Å². The highest BCUT2D eigenvalue weighted by molar-refractivity contribution is 7.99. The number of carboxylic acid groups (broad SMARTS) is 1. The first kappa shape index (κ1) is 13.9. The van der Waals surface area contributed by atoms with Crippen molar-refractivity contribution in [2.45, 2.75) is 68.1 Å². The van der Waals surface area contributed by atoms with Crippen LogP contribution in [0.15, 0.2) is 5.03 Å². The summed E-state index contributed by atoms with van der Waals surface area (Å²) in [6.07, 6.45) is 11.9. The normalized spacial score (nSPS) is 23.0. The highest BCUT2D eigenvalue weighted by atomic mass is 32.2. The number of hydrogen-bond donors (Lipinski definition) is 2. The number of hydrogen-bond acceptors (Lipinski definition) is 4. The molecule has 0 radical (unpaired) electrons. The third-order valence-electron chi connectivity index (χ3n) is 4.92. The van der Waals surface area contributed by atoms with Crippen LogP contribution in [0.2, 0.25) is 0 Å². The molecule has 0 bridgehead atoms. The fourth-order valence-electron chi connectivity index (χ4n) is 3.72. The lowest BCUT2D eigenvalue weighted by molar-refractivity contribution is 0.0686. The van der Waals surface area contributed by atoms with Crippen LogP contribution in [0.4, 0.5) is 0 Å². The number of aromatic carboxylic acids is 1. The number of aromatic amines is 1. The Kier molecular flexibility index (Phi) is 4.01. The molecule has 1 heterocycles. The summed E-state index contributed by atoms with van der Waals surface area (Å²) in [7, 11) is 0. The molecule has 0 aliphatic heterocycles. The van der Waals surface area contributed by atoms with E-state index >= 15 is 0 Å². The SMILES string of the molecule is O=C(O)c1[nH]nnc1SC1CCC2(CCCCC2)CC1. The minimum atomic E-state index is -0.975. The lowest BCUT2D eigenvalue weighted by atomic mass is 9.65. The molecule has 2 aliphatic carbocycles. The van der Waals surface area contributed by atoms with Gasteiger partial charge < -0.3 is 5.11 Å². The zero-order valence-corrected chi connectivity index (χ0v) is 12.4. The fourth-order valence-corrected chi connectivity index (χ4v) is 4.85. The van der Waals surface area contributed by atoms with Gasteiger partial charge in [0.05, 0.1) is 0 Å². The van der Waals surface area contributed by atoms with Gasteiger partial charge in [0.2, 0.25) is 0 Å². The summed E-state index contributed by atoms with van der Waals surface area (Å²) in [6, 6.07) is 0. The molecule has 3 rings (SSSR count). The maximum atomic E-state index is 11.0. The highest BCUT2D eigenvalue weighted by Gasteiger charge is 2.36. The quantitative estimate of drug-likeness (QED) is 0.892. The summed E-state index contributed by atoms with van der Waals surface area (Å²) in [4.78, 5) is 11.0. The Morgan fingerprint density at radius 3 is 2.55 bits per heavy atom. The van der Waals surface area contributed by atoms with E-state index in [1.807, 2.05) is 0 Å². The minimum absolute atomic E-state index is 0.132. The van der Waals surface area contributed by atoms with Crippen LogP contribution >= 0.6 is 11.8 Å². The van der Waals surface area contributed by atoms with Crippen LogP contribution in [-0.4, -0.2) is 31.7 Å². The minimum Gasteiger partial charge on any atom is -0.476 e. The summed E-state index contributed by atoms with van der Waals surface area (Å²) >= 11 is 1.59. The predicted molar refractivity (Wildman–Crippen MR) is 77.0 cm³/mol. The van der Waals surface area contributed by atoms with Gasteiger partial charge in [0.1, 0.15) is 0 Å². The van der Waals surface area contributed by atoms with Crippen LogP contribution < -0.4 is 0 Å². The van der Waals surface area contributed by atoms with Crippen LogP contribution in [0.3, 0.4) is 0 Å². The second kappa shape index (κ2) is 5.76. The molecule has 2 saturated carbocycles. The lowest BCUT2D eigenvalue weighted by Crippen LogP contribution is -2.30. The molecule has 110 valence electrons. The van der Waals surface area contributed by atoms with E-state index in [1.54, 1.807) is 11.8 Å². The molecule has 2 aliphatic rings. The highest BCUT2D eigenvalue weighted by Crippen LogP contribution is 2.50. The van der Waals surface area contributed by atoms with Gasteiger partial charge in [-0.15, -0.1) is 5.10 Å². The van der Waals surface area contributed by atoms with Crippen LogP contribution in [-0.2, 0) is 0 Å². The fraction of sp³-hybridized carbons (Fsp3) is 0.786. The first-order valence-corrected chi connectivity index (χ1v) is 8.38. The van der Waals surface area contributed by atoms with Crippen LogP contribution in [0.25, 0.3) is 0 Å². The van der Waals surface area contributed by atoms with Gasteiger partial charge in [0, 0.05) is 5.25 Å². The molecule has 0 amide bonds. The molecular formula is C14H21N3O2S. The monoisotopic (exact) mass is 295 g/mol. The van der Waals surface area contributed by atoms with Crippen molar-refractivity contribution in [1.29, 1.82) is 0 Å². The van der Waals surface area contributed by atoms with E-state index in [4.69, 9.17) is 5.11 Å². The van der Waals surface area contributed by atoms with Crippen molar-refractivity contribution < 1.29 is 9.90 Å². The van der Waals surface area contributed by atoms with Crippen molar-refractivity contribution in [2.75, 3.05) is 0 Å². The van der Waals surface area contributed by atoms with Crippen molar-refractivity contribution in [3.8, 4) is 0 Å². The maximum absolute atomic E-state index is 11.0. The number of nitrogens with one attached hydrogen (secondary N) is 1. The van der Waals surface area contributed by atoms with Crippen LogP contribution in [0.5, 0.6) is 0 Å². The molecule has 0 aromatic carbocycles. The van der Waals surface area contributed by atoms with Gasteiger partial charge in [0.15, 0.2) is 10.7 Å². The number of carboxylic acids is 1. The molecule has 0 atom stereocenters. The van der Waals surface area contributed by atoms with E-state index in [2.05, 4.69) is 15.4 Å². The summed E-state index contributed by atoms with van der Waals surface area (Å²) in [6.45, 7) is 0. The Labute approximate surface area is 122 Å². The van der Waals surface area contributed by atoms with Crippen LogP contribution in [0.1, 0.15) is 68.3 Å². The summed E-state index contributed by atoms with van der Waals surface area (Å²) in [5.74, 6) is -0.975. The Balaban J connectivity index is 1.58. The lowest BCUT2D eigenvalue weighted by Gasteiger charge is -2.42. The standard InChI is InChI=1S/C14H21N3O2S/c18-13(19)11-12(16-17-15-11)20-10-4-8-14(9-5-10)6-2-1-3-7-14/h10H,1-9H2,(H,18,19)(H,15,16,17). The van der Waals surface area contributed by atoms with Crippen molar-refractivity contribution in [3.05, 3.63) is 5.69 Å². The molecule has 2 N–H and O–H groups in total. The maximum Gasteiger partial charge on any atom is 0.356 e. The van der Waals surface area contributed by atoms with E-state index in [1.165, 1.54) is 57.8 Å². The first-order valence-electron chi connectivity index (χ1n) is 7.50. The molecule has 1 aromatic heterocycles. The molecule has 5 nitrogen and oxygen atoms in total. The molecule has 20 heavy (non-hydrogen) atoms. The van der Waals surface area contributed by atoms with Gasteiger partial charge in [0.25, 0.3) is 0 Å². The number of nitrogens with zero attached hydrogens (tertiary/aromatic N) is 2. The third kappa shape index (κ3) is 2.85. The van der Waals surface area contributed by atoms with E-state index < -0.39 is 5.97 Å². The van der Waals surface area contributed by atoms with E-state index in [9.17, 15) is 4.79 Å². The molecule has 2 fully saturated rings. The van der Waals surface area contributed by atoms with Crippen molar-refractivity contribution in [1.82, 2.24) is 15.4 Å². The smallest absolute Gasteiger partial charge is 0.356 e. The summed E-state index contributed by atoms with van der Waals surface area (Å²) < 4.78 is 0. The summed E-state index contributed by atoms with van der Waals surface area (Å²) in [5, 5.41) is 20.1. The molecular weight excluding hydrogens is 274 g/mol. The molecule has 0 unspecified atom stereocenters. The summed E-state index contributed by atoms with van der Waals surface area (Å²) in [5.41, 5.74) is 0.738. The Bertz CT molecular complexity index is 473. The van der Waals surface area contributed by atoms with Gasteiger partial charge in [-0.3, -0.25) is 5.10 Å². The molecule has 1 aromatic rings. The second-order valence-corrected chi connectivity index (χ2v) is 7.46. The third-order valence-corrected chi connectivity index (χ3v) is 6.23. The van der Waals surface area contributed by atoms with Gasteiger partial charge in [-0.1, -0.05) is 36.2 Å². The zero-order chi connectivity index (χ0) is 14.0. The molecule has 6 heteroatoms. The molecule has 1 spiro atoms. The largest absolute Gasteiger partial charge is 0.476 e. The number of aromatic nitrogens is 3. The van der Waals surface area contributed by atoms with Crippen molar-refractivity contribution in [2.24, 2.45) is 5.41 Å². The predicted octanol–water partition coefficient (Wildman–Crippen LogP) is 3.49. The van der Waals surface area contributed by atoms with Crippen molar-refractivity contribution >= 4 is 17.7 Å². The Morgan fingerprint density at radius 2 is 1.90 bits per heavy atom. The number of H-pyrrole nitrogens is 1. The van der Waals surface area contributed by atoms with E-state index in [-0.39, 0.29) is 5.69 Å². The number of thioether (sulfide) groups is 1. The Hall–Kier alpha value is -1.04. The van der Waals surface area contributed by atoms with Crippen molar-refractivity contribution in [3.63, 3.8) is 0 Å². The number of rotatable bonds is 3. The average Bonchev–Trinajstić information content (AvgIpc) is 2.91. The van der Waals surface area contributed by atoms with E-state index in [0.29, 0.717) is 15.7 Å². The second-order valence-electron chi connectivity index (χ2n) is 6.17. The van der Waals surface area contributed by atoms with Crippen LogP contribution in [0, 0.1) is 5.41 Å². The van der Waals surface area contributed by atoms with E-state index in [0.717, 1.165) is 0 Å². The molecule has 0 saturated heterocycles. The van der Waals surface area contributed by atoms with Gasteiger partial charge in [-0.05, 0) is 43.9 Å². The zero-order valence-electron chi connectivity index (χ0n) is 11.6. The first-order chi connectivity index (χ1) is 9.69. The topological polar surface area (TPSA) is 78.9 Å². The Morgan fingerprint density at radius 1 is 1.20 bits per heavy atom.